The van der Waals surface area contributed by atoms with Gasteiger partial charge in [-0.2, -0.15) is 11.8 Å². The summed E-state index contributed by atoms with van der Waals surface area (Å²) in [4.78, 5) is 18.5. The summed E-state index contributed by atoms with van der Waals surface area (Å²) in [5.41, 5.74) is 1.44. The number of guanidine groups is 1. The van der Waals surface area contributed by atoms with Gasteiger partial charge in [0.1, 0.15) is 11.3 Å². The third-order valence-electron chi connectivity index (χ3n) is 4.47. The zero-order valence-corrected chi connectivity index (χ0v) is 17.1. The van der Waals surface area contributed by atoms with E-state index in [2.05, 4.69) is 29.1 Å². The van der Waals surface area contributed by atoms with E-state index in [1.807, 2.05) is 30.9 Å². The summed E-state index contributed by atoms with van der Waals surface area (Å²) in [5, 5.41) is 4.05. The van der Waals surface area contributed by atoms with E-state index in [0.29, 0.717) is 29.0 Å². The first-order chi connectivity index (χ1) is 12.5. The lowest BCUT2D eigenvalue weighted by molar-refractivity contribution is 0.0597. The standard InChI is InChI=1S/C19H29N3O3S/c1-13(2)17-12-22(8-9-26-17)19(20-3)21-11-14-6-7-15(18(23)25-5)16(10-14)24-4/h6-7,10,13,17H,8-9,11-12H2,1-5H3,(H,20,21). The number of aliphatic imine (C=N–C) groups is 1. The van der Waals surface area contributed by atoms with Gasteiger partial charge in [0.2, 0.25) is 0 Å². The first kappa shape index (κ1) is 20.4. The summed E-state index contributed by atoms with van der Waals surface area (Å²) in [7, 11) is 4.73. The SMILES string of the molecule is CN=C(NCc1ccc(C(=O)OC)c(OC)c1)N1CCSC(C(C)C)C1. The summed E-state index contributed by atoms with van der Waals surface area (Å²) in [6, 6.07) is 5.49. The fourth-order valence-corrected chi connectivity index (χ4v) is 4.21. The van der Waals surface area contributed by atoms with Crippen LogP contribution in [0.3, 0.4) is 0 Å². The second-order valence-electron chi connectivity index (χ2n) is 6.53. The number of carbonyl (C=O) groups excluding carboxylic acids is 1. The Kier molecular flexibility index (Phi) is 7.63. The van der Waals surface area contributed by atoms with Crippen molar-refractivity contribution in [1.29, 1.82) is 0 Å². The van der Waals surface area contributed by atoms with Gasteiger partial charge in [0.25, 0.3) is 0 Å². The predicted molar refractivity (Wildman–Crippen MR) is 107 cm³/mol. The predicted octanol–water partition coefficient (Wildman–Crippen LogP) is 2.63. The summed E-state index contributed by atoms with van der Waals surface area (Å²) in [5.74, 6) is 2.79. The molecule has 0 saturated carbocycles. The summed E-state index contributed by atoms with van der Waals surface area (Å²) < 4.78 is 10.1. The molecule has 1 unspecified atom stereocenters. The van der Waals surface area contributed by atoms with Gasteiger partial charge >= 0.3 is 5.97 Å². The average molecular weight is 380 g/mol. The van der Waals surface area contributed by atoms with Gasteiger partial charge in [0.05, 0.1) is 14.2 Å². The number of hydrogen-bond donors (Lipinski definition) is 1. The van der Waals surface area contributed by atoms with Crippen LogP contribution in [-0.2, 0) is 11.3 Å². The number of hydrogen-bond acceptors (Lipinski definition) is 5. The van der Waals surface area contributed by atoms with Crippen molar-refractivity contribution in [2.45, 2.75) is 25.6 Å². The number of benzene rings is 1. The Labute approximate surface area is 160 Å². The number of nitrogens with one attached hydrogen (secondary N) is 1. The Morgan fingerprint density at radius 2 is 2.19 bits per heavy atom. The van der Waals surface area contributed by atoms with Gasteiger partial charge in [0, 0.05) is 37.7 Å². The largest absolute Gasteiger partial charge is 0.496 e. The normalized spacial score (nSPS) is 18.0. The molecule has 144 valence electrons. The molecule has 0 amide bonds. The molecule has 1 N–H and O–H groups in total. The first-order valence-corrected chi connectivity index (χ1v) is 9.87. The molecule has 26 heavy (non-hydrogen) atoms. The quantitative estimate of drug-likeness (QED) is 0.482. The highest BCUT2D eigenvalue weighted by molar-refractivity contribution is 8.00. The number of ether oxygens (including phenoxy) is 2. The van der Waals surface area contributed by atoms with Crippen LogP contribution >= 0.6 is 11.8 Å². The molecule has 1 saturated heterocycles. The smallest absolute Gasteiger partial charge is 0.341 e. The number of methoxy groups -OCH3 is 2. The van der Waals surface area contributed by atoms with Gasteiger partial charge < -0.3 is 19.7 Å². The fourth-order valence-electron chi connectivity index (χ4n) is 2.91. The number of carbonyl (C=O) groups is 1. The fraction of sp³-hybridized carbons (Fsp3) is 0.579. The topological polar surface area (TPSA) is 63.2 Å². The Morgan fingerprint density at radius 1 is 1.42 bits per heavy atom. The zero-order chi connectivity index (χ0) is 19.1. The van der Waals surface area contributed by atoms with Crippen molar-refractivity contribution in [3.63, 3.8) is 0 Å². The van der Waals surface area contributed by atoms with Crippen molar-refractivity contribution < 1.29 is 14.3 Å². The van der Waals surface area contributed by atoms with E-state index in [1.165, 1.54) is 7.11 Å². The van der Waals surface area contributed by atoms with Gasteiger partial charge in [-0.3, -0.25) is 4.99 Å². The monoisotopic (exact) mass is 379 g/mol. The van der Waals surface area contributed by atoms with Crippen LogP contribution < -0.4 is 10.1 Å². The van der Waals surface area contributed by atoms with Gasteiger partial charge in [0.15, 0.2) is 5.96 Å². The van der Waals surface area contributed by atoms with Crippen molar-refractivity contribution in [2.24, 2.45) is 10.9 Å². The molecule has 1 atom stereocenters. The lowest BCUT2D eigenvalue weighted by Crippen LogP contribution is -2.48. The van der Waals surface area contributed by atoms with Crippen LogP contribution in [0.5, 0.6) is 5.75 Å². The molecule has 2 rings (SSSR count). The summed E-state index contributed by atoms with van der Waals surface area (Å²) in [6.07, 6.45) is 0. The number of esters is 1. The van der Waals surface area contributed by atoms with E-state index < -0.39 is 5.97 Å². The lowest BCUT2D eigenvalue weighted by atomic mass is 10.1. The molecule has 6 nitrogen and oxygen atoms in total. The Hall–Kier alpha value is -1.89. The minimum Gasteiger partial charge on any atom is -0.496 e. The van der Waals surface area contributed by atoms with Crippen molar-refractivity contribution in [2.75, 3.05) is 40.1 Å². The van der Waals surface area contributed by atoms with Crippen molar-refractivity contribution in [3.05, 3.63) is 29.3 Å². The van der Waals surface area contributed by atoms with Crippen LogP contribution in [0.4, 0.5) is 0 Å². The van der Waals surface area contributed by atoms with Crippen LogP contribution in [0, 0.1) is 5.92 Å². The lowest BCUT2D eigenvalue weighted by Gasteiger charge is -2.36. The van der Waals surface area contributed by atoms with E-state index in [0.717, 1.165) is 30.4 Å². The highest BCUT2D eigenvalue weighted by Gasteiger charge is 2.24. The molecule has 1 fully saturated rings. The van der Waals surface area contributed by atoms with Crippen LogP contribution in [0.15, 0.2) is 23.2 Å². The summed E-state index contributed by atoms with van der Waals surface area (Å²) in [6.45, 7) is 7.16. The molecule has 1 aliphatic rings. The van der Waals surface area contributed by atoms with Crippen LogP contribution in [0.25, 0.3) is 0 Å². The molecule has 1 aromatic carbocycles. The maximum atomic E-state index is 11.8. The Balaban J connectivity index is 2.03. The highest BCUT2D eigenvalue weighted by Crippen LogP contribution is 2.25. The molecule has 1 aromatic rings. The average Bonchev–Trinajstić information content (AvgIpc) is 2.67. The molecular formula is C19H29N3O3S. The van der Waals surface area contributed by atoms with Crippen molar-refractivity contribution >= 4 is 23.7 Å². The number of rotatable bonds is 5. The molecule has 0 aromatic heterocycles. The van der Waals surface area contributed by atoms with Crippen LogP contribution in [0.2, 0.25) is 0 Å². The third-order valence-corrected chi connectivity index (χ3v) is 6.01. The summed E-state index contributed by atoms with van der Waals surface area (Å²) >= 11 is 2.04. The molecule has 0 aliphatic carbocycles. The van der Waals surface area contributed by atoms with E-state index in [4.69, 9.17) is 9.47 Å². The second-order valence-corrected chi connectivity index (χ2v) is 7.87. The highest BCUT2D eigenvalue weighted by atomic mass is 32.2. The van der Waals surface area contributed by atoms with E-state index in [-0.39, 0.29) is 0 Å². The van der Waals surface area contributed by atoms with Crippen molar-refractivity contribution in [1.82, 2.24) is 10.2 Å². The van der Waals surface area contributed by atoms with Gasteiger partial charge in [-0.05, 0) is 23.6 Å². The van der Waals surface area contributed by atoms with Gasteiger partial charge in [-0.15, -0.1) is 0 Å². The number of thioether (sulfide) groups is 1. The van der Waals surface area contributed by atoms with Gasteiger partial charge in [-0.1, -0.05) is 19.9 Å². The molecule has 7 heteroatoms. The van der Waals surface area contributed by atoms with Gasteiger partial charge in [-0.25, -0.2) is 4.79 Å². The second kappa shape index (κ2) is 9.71. The van der Waals surface area contributed by atoms with Crippen LogP contribution in [-0.4, -0.2) is 62.2 Å². The Bertz CT molecular complexity index is 649. The minimum atomic E-state index is -0.400. The van der Waals surface area contributed by atoms with E-state index in [9.17, 15) is 4.79 Å². The molecule has 0 spiro atoms. The van der Waals surface area contributed by atoms with Crippen LogP contribution in [0.1, 0.15) is 29.8 Å². The molecular weight excluding hydrogens is 350 g/mol. The molecule has 1 aliphatic heterocycles. The number of nitrogens with zero attached hydrogens (tertiary/aromatic N) is 2. The minimum absolute atomic E-state index is 0.400. The molecule has 0 bridgehead atoms. The zero-order valence-electron chi connectivity index (χ0n) is 16.2. The third kappa shape index (κ3) is 5.06. The Morgan fingerprint density at radius 3 is 2.81 bits per heavy atom. The first-order valence-electron chi connectivity index (χ1n) is 8.82. The van der Waals surface area contributed by atoms with Crippen molar-refractivity contribution in [3.8, 4) is 5.75 Å². The molecule has 0 radical (unpaired) electrons. The molecule has 1 heterocycles. The van der Waals surface area contributed by atoms with E-state index in [1.54, 1.807) is 13.2 Å². The maximum absolute atomic E-state index is 11.8. The van der Waals surface area contributed by atoms with E-state index >= 15 is 0 Å². The maximum Gasteiger partial charge on any atom is 0.341 e.